The molecule has 0 saturated carbocycles. The van der Waals surface area contributed by atoms with Gasteiger partial charge in [-0.3, -0.25) is 10.1 Å². The maximum absolute atomic E-state index is 13.6. The van der Waals surface area contributed by atoms with Crippen molar-refractivity contribution in [2.45, 2.75) is 19.6 Å². The highest BCUT2D eigenvalue weighted by Gasteiger charge is 2.19. The first-order valence-corrected chi connectivity index (χ1v) is 5.29. The van der Waals surface area contributed by atoms with Gasteiger partial charge >= 0.3 is 5.69 Å². The topological polar surface area (TPSA) is 87.6 Å². The van der Waals surface area contributed by atoms with Gasteiger partial charge in [0, 0.05) is 23.7 Å². The van der Waals surface area contributed by atoms with E-state index >= 15 is 0 Å². The number of hydrogen-bond donors (Lipinski definition) is 1. The summed E-state index contributed by atoms with van der Waals surface area (Å²) in [7, 11) is 1.24. The van der Waals surface area contributed by atoms with Crippen LogP contribution >= 0.6 is 0 Å². The normalized spacial score (nSPS) is 12.2. The van der Waals surface area contributed by atoms with Crippen molar-refractivity contribution in [3.63, 3.8) is 0 Å². The van der Waals surface area contributed by atoms with E-state index < -0.39 is 10.7 Å². The summed E-state index contributed by atoms with van der Waals surface area (Å²) in [6.07, 6.45) is 0. The minimum Gasteiger partial charge on any atom is -0.490 e. The fraction of sp³-hybridized carbons (Fsp3) is 0.455. The molecule has 0 aromatic heterocycles. The summed E-state index contributed by atoms with van der Waals surface area (Å²) in [5.74, 6) is -0.726. The molecule has 2 N–H and O–H groups in total. The third-order valence-electron chi connectivity index (χ3n) is 2.18. The molecule has 0 bridgehead atoms. The second-order valence-electron chi connectivity index (χ2n) is 3.86. The molecule has 0 unspecified atom stereocenters. The number of ether oxygens (including phenoxy) is 2. The number of nitro benzene ring substituents is 1. The molecule has 18 heavy (non-hydrogen) atoms. The molecule has 100 valence electrons. The lowest BCUT2D eigenvalue weighted by Gasteiger charge is -2.09. The summed E-state index contributed by atoms with van der Waals surface area (Å²) < 4.78 is 23.5. The summed E-state index contributed by atoms with van der Waals surface area (Å²) in [5.41, 5.74) is 5.28. The molecule has 0 saturated heterocycles. The van der Waals surface area contributed by atoms with Crippen molar-refractivity contribution in [2.75, 3.05) is 13.7 Å². The summed E-state index contributed by atoms with van der Waals surface area (Å²) in [4.78, 5) is 10.1. The van der Waals surface area contributed by atoms with Crippen molar-refractivity contribution in [1.82, 2.24) is 0 Å². The first-order valence-electron chi connectivity index (χ1n) is 5.29. The molecule has 0 heterocycles. The number of methoxy groups -OCH3 is 1. The van der Waals surface area contributed by atoms with Crippen LogP contribution in [-0.2, 0) is 11.3 Å². The lowest BCUT2D eigenvalue weighted by atomic mass is 10.2. The minimum atomic E-state index is -0.632. The van der Waals surface area contributed by atoms with Gasteiger partial charge in [0.25, 0.3) is 0 Å². The van der Waals surface area contributed by atoms with Crippen LogP contribution < -0.4 is 10.5 Å². The van der Waals surface area contributed by atoms with Gasteiger partial charge in [0.2, 0.25) is 0 Å². The largest absolute Gasteiger partial charge is 0.490 e. The Morgan fingerprint density at radius 2 is 2.22 bits per heavy atom. The van der Waals surface area contributed by atoms with Gasteiger partial charge in [-0.25, -0.2) is 4.39 Å². The van der Waals surface area contributed by atoms with E-state index in [1.165, 1.54) is 7.11 Å². The zero-order valence-corrected chi connectivity index (χ0v) is 10.2. The van der Waals surface area contributed by atoms with E-state index in [4.69, 9.17) is 15.2 Å². The Balaban J connectivity index is 2.91. The van der Waals surface area contributed by atoms with E-state index in [0.717, 1.165) is 12.1 Å². The smallest absolute Gasteiger partial charge is 0.311 e. The zero-order chi connectivity index (χ0) is 13.7. The molecule has 1 rings (SSSR count). The Labute approximate surface area is 104 Å². The van der Waals surface area contributed by atoms with Crippen LogP contribution in [0.15, 0.2) is 12.1 Å². The molecule has 0 spiro atoms. The fourth-order valence-electron chi connectivity index (χ4n) is 1.36. The van der Waals surface area contributed by atoms with Crippen molar-refractivity contribution in [3.8, 4) is 5.75 Å². The van der Waals surface area contributed by atoms with Crippen LogP contribution in [0.25, 0.3) is 0 Å². The monoisotopic (exact) mass is 258 g/mol. The molecule has 1 aromatic rings. The standard InChI is InChI=1S/C11H15FN2O4/c1-7(13)5-18-6-8-3-10(14(15)16)11(17-2)4-9(8)12/h3-4,7H,5-6,13H2,1-2H3/t7-/m1/s1. The molecule has 1 atom stereocenters. The zero-order valence-electron chi connectivity index (χ0n) is 10.2. The number of hydrogen-bond acceptors (Lipinski definition) is 5. The molecule has 7 heteroatoms. The molecule has 0 fully saturated rings. The van der Waals surface area contributed by atoms with Gasteiger partial charge in [0.1, 0.15) is 5.82 Å². The highest BCUT2D eigenvalue weighted by molar-refractivity contribution is 5.49. The Hall–Kier alpha value is -1.73. The maximum atomic E-state index is 13.6. The van der Waals surface area contributed by atoms with Gasteiger partial charge in [0.15, 0.2) is 5.75 Å². The third-order valence-corrected chi connectivity index (χ3v) is 2.18. The SMILES string of the molecule is COc1cc(F)c(COC[C@@H](C)N)cc1[N+](=O)[O-]. The van der Waals surface area contributed by atoms with Gasteiger partial charge in [0.05, 0.1) is 25.2 Å². The Morgan fingerprint density at radius 1 is 1.56 bits per heavy atom. The molecule has 0 aliphatic carbocycles. The van der Waals surface area contributed by atoms with Gasteiger partial charge < -0.3 is 15.2 Å². The van der Waals surface area contributed by atoms with E-state index in [0.29, 0.717) is 0 Å². The molecule has 1 aromatic carbocycles. The number of rotatable bonds is 6. The Kier molecular flexibility index (Phi) is 4.99. The molecule has 6 nitrogen and oxygen atoms in total. The van der Waals surface area contributed by atoms with Gasteiger partial charge in [-0.1, -0.05) is 0 Å². The summed E-state index contributed by atoms with van der Waals surface area (Å²) in [5, 5.41) is 10.8. The lowest BCUT2D eigenvalue weighted by Crippen LogP contribution is -2.21. The second-order valence-corrected chi connectivity index (χ2v) is 3.86. The van der Waals surface area contributed by atoms with Crippen molar-refractivity contribution < 1.29 is 18.8 Å². The van der Waals surface area contributed by atoms with E-state index in [9.17, 15) is 14.5 Å². The average Bonchev–Trinajstić information content (AvgIpc) is 2.29. The van der Waals surface area contributed by atoms with E-state index in [-0.39, 0.29) is 36.3 Å². The maximum Gasteiger partial charge on any atom is 0.311 e. The van der Waals surface area contributed by atoms with Crippen molar-refractivity contribution in [3.05, 3.63) is 33.6 Å². The molecule has 0 aliphatic rings. The molecule has 0 radical (unpaired) electrons. The average molecular weight is 258 g/mol. The van der Waals surface area contributed by atoms with E-state index in [1.54, 1.807) is 6.92 Å². The predicted molar refractivity (Wildman–Crippen MR) is 62.9 cm³/mol. The van der Waals surface area contributed by atoms with Crippen LogP contribution in [0.5, 0.6) is 5.75 Å². The summed E-state index contributed by atoms with van der Waals surface area (Å²) in [6.45, 7) is 1.92. The van der Waals surface area contributed by atoms with Gasteiger partial charge in [-0.05, 0) is 6.92 Å². The van der Waals surface area contributed by atoms with Crippen LogP contribution in [0.2, 0.25) is 0 Å². The van der Waals surface area contributed by atoms with Gasteiger partial charge in [-0.15, -0.1) is 0 Å². The van der Waals surface area contributed by atoms with E-state index in [2.05, 4.69) is 0 Å². The molecule has 0 aliphatic heterocycles. The third kappa shape index (κ3) is 3.64. The molecular weight excluding hydrogens is 243 g/mol. The highest BCUT2D eigenvalue weighted by atomic mass is 19.1. The van der Waals surface area contributed by atoms with Crippen LogP contribution in [0.4, 0.5) is 10.1 Å². The van der Waals surface area contributed by atoms with Gasteiger partial charge in [-0.2, -0.15) is 0 Å². The fourth-order valence-corrected chi connectivity index (χ4v) is 1.36. The predicted octanol–water partition coefficient (Wildman–Crippen LogP) is 1.61. The summed E-state index contributed by atoms with van der Waals surface area (Å²) in [6, 6.07) is 1.90. The Morgan fingerprint density at radius 3 is 2.72 bits per heavy atom. The van der Waals surface area contributed by atoms with Crippen molar-refractivity contribution >= 4 is 5.69 Å². The number of halogens is 1. The number of nitrogens with zero attached hydrogens (tertiary/aromatic N) is 1. The van der Waals surface area contributed by atoms with Crippen LogP contribution in [-0.4, -0.2) is 24.7 Å². The quantitative estimate of drug-likeness (QED) is 0.618. The Bertz CT molecular complexity index is 437. The van der Waals surface area contributed by atoms with Crippen LogP contribution in [0.1, 0.15) is 12.5 Å². The van der Waals surface area contributed by atoms with Crippen molar-refractivity contribution in [1.29, 1.82) is 0 Å². The lowest BCUT2D eigenvalue weighted by molar-refractivity contribution is -0.385. The van der Waals surface area contributed by atoms with Crippen LogP contribution in [0.3, 0.4) is 0 Å². The molecular formula is C11H15FN2O4. The minimum absolute atomic E-state index is 0.0712. The highest BCUT2D eigenvalue weighted by Crippen LogP contribution is 2.29. The number of nitro groups is 1. The van der Waals surface area contributed by atoms with E-state index in [1.807, 2.05) is 0 Å². The summed E-state index contributed by atoms with van der Waals surface area (Å²) >= 11 is 0. The van der Waals surface area contributed by atoms with Crippen molar-refractivity contribution in [2.24, 2.45) is 5.73 Å². The number of nitrogens with two attached hydrogens (primary N) is 1. The first-order chi connectivity index (χ1) is 8.45. The molecule has 0 amide bonds. The number of benzene rings is 1. The van der Waals surface area contributed by atoms with Crippen LogP contribution in [0, 0.1) is 15.9 Å². The second kappa shape index (κ2) is 6.27. The first kappa shape index (κ1) is 14.3.